The Morgan fingerprint density at radius 1 is 0.962 bits per heavy atom. The summed E-state index contributed by atoms with van der Waals surface area (Å²) in [5, 5.41) is 53.3. The van der Waals surface area contributed by atoms with Crippen LogP contribution in [0.5, 0.6) is 17.2 Å². The summed E-state index contributed by atoms with van der Waals surface area (Å²) in [5.41, 5.74) is 4.98. The molecule has 52 heavy (non-hydrogen) atoms. The fourth-order valence-corrected chi connectivity index (χ4v) is 5.54. The summed E-state index contributed by atoms with van der Waals surface area (Å²) in [5.74, 6) is 0.289. The number of aromatic nitrogens is 1. The molecule has 0 saturated heterocycles. The molecule has 4 rings (SSSR count). The molecule has 0 radical (unpaired) electrons. The first-order chi connectivity index (χ1) is 25.0. The number of aliphatic carboxylic acids is 1. The SMILES string of the molecule is Cc1c(COc2cc(OCc3cncc(C#N)c3)c(CNC(C)(CO)C(=O)O)cc2Cl)cccc1-c1cccc(OCCCNCC(O)CO)c1C. The molecule has 0 fully saturated rings. The smallest absolute Gasteiger partial charge is 0.326 e. The molecule has 0 bridgehead atoms. The number of hydrogen-bond donors (Lipinski definition) is 6. The highest BCUT2D eigenvalue weighted by Gasteiger charge is 2.32. The lowest BCUT2D eigenvalue weighted by atomic mass is 9.93. The number of halogens is 1. The van der Waals surface area contributed by atoms with Crippen molar-refractivity contribution >= 4 is 17.6 Å². The van der Waals surface area contributed by atoms with Crippen molar-refractivity contribution in [3.63, 3.8) is 0 Å². The van der Waals surface area contributed by atoms with Gasteiger partial charge in [0.15, 0.2) is 0 Å². The molecule has 1 aromatic heterocycles. The third-order valence-corrected chi connectivity index (χ3v) is 8.94. The van der Waals surface area contributed by atoms with Crippen molar-refractivity contribution in [2.24, 2.45) is 0 Å². The van der Waals surface area contributed by atoms with Gasteiger partial charge in [0.2, 0.25) is 0 Å². The van der Waals surface area contributed by atoms with Gasteiger partial charge in [-0.15, -0.1) is 0 Å². The standard InChI is InChI=1S/C39H45ClN4O8/c1-25-29(7-4-8-32(25)33-9-5-10-35(26(33)2)50-12-6-11-42-20-31(47)21-45)23-52-37-15-36(51-22-28-13-27(16-41)17-43-18-28)30(14-34(37)40)19-44-39(3,24-46)38(48)49/h4-5,7-10,13-15,17-18,31,42,44-47H,6,11-12,19-24H2,1-3H3,(H,48,49). The van der Waals surface area contributed by atoms with Crippen LogP contribution in [0.25, 0.3) is 11.1 Å². The number of aliphatic hydroxyl groups excluding tert-OH is 3. The van der Waals surface area contributed by atoms with Crippen LogP contribution in [0, 0.1) is 25.2 Å². The number of carbonyl (C=O) groups is 1. The summed E-state index contributed by atoms with van der Waals surface area (Å²) >= 11 is 6.71. The molecule has 4 aromatic rings. The van der Waals surface area contributed by atoms with Crippen LogP contribution in [0.15, 0.2) is 67.0 Å². The highest BCUT2D eigenvalue weighted by molar-refractivity contribution is 6.32. The van der Waals surface area contributed by atoms with Crippen molar-refractivity contribution in [2.75, 3.05) is 32.9 Å². The van der Waals surface area contributed by atoms with Crippen molar-refractivity contribution in [3.05, 3.63) is 105 Å². The van der Waals surface area contributed by atoms with Gasteiger partial charge in [0.25, 0.3) is 0 Å². The summed E-state index contributed by atoms with van der Waals surface area (Å²) in [6.07, 6.45) is 3.00. The lowest BCUT2D eigenvalue weighted by Crippen LogP contribution is -2.52. The minimum Gasteiger partial charge on any atom is -0.493 e. The monoisotopic (exact) mass is 732 g/mol. The molecule has 2 atom stereocenters. The molecule has 0 spiro atoms. The second kappa shape index (κ2) is 19.2. The molecule has 13 heteroatoms. The molecule has 1 heterocycles. The van der Waals surface area contributed by atoms with E-state index in [0.717, 1.165) is 40.0 Å². The van der Waals surface area contributed by atoms with Gasteiger partial charge in [0, 0.05) is 42.7 Å². The second-order valence-electron chi connectivity index (χ2n) is 12.6. The van der Waals surface area contributed by atoms with Gasteiger partial charge >= 0.3 is 5.97 Å². The molecule has 0 aliphatic carbocycles. The predicted molar refractivity (Wildman–Crippen MR) is 196 cm³/mol. The van der Waals surface area contributed by atoms with Crippen LogP contribution in [-0.2, 0) is 24.6 Å². The van der Waals surface area contributed by atoms with E-state index in [1.54, 1.807) is 24.4 Å². The average molecular weight is 733 g/mol. The van der Waals surface area contributed by atoms with E-state index in [0.29, 0.717) is 47.9 Å². The van der Waals surface area contributed by atoms with E-state index in [4.69, 9.17) is 30.9 Å². The second-order valence-corrected chi connectivity index (χ2v) is 13.0. The van der Waals surface area contributed by atoms with Gasteiger partial charge in [-0.2, -0.15) is 5.26 Å². The molecule has 3 aromatic carbocycles. The first-order valence-electron chi connectivity index (χ1n) is 16.8. The number of carboxylic acid groups (broad SMARTS) is 1. The van der Waals surface area contributed by atoms with Crippen molar-refractivity contribution in [1.82, 2.24) is 15.6 Å². The van der Waals surface area contributed by atoms with E-state index >= 15 is 0 Å². The maximum Gasteiger partial charge on any atom is 0.326 e. The lowest BCUT2D eigenvalue weighted by molar-refractivity contribution is -0.145. The first-order valence-corrected chi connectivity index (χ1v) is 17.2. The molecular weight excluding hydrogens is 688 g/mol. The number of hydrogen-bond acceptors (Lipinski definition) is 11. The third kappa shape index (κ3) is 10.6. The number of carboxylic acids is 1. The van der Waals surface area contributed by atoms with E-state index in [1.807, 2.05) is 44.2 Å². The first kappa shape index (κ1) is 40.0. The van der Waals surface area contributed by atoms with E-state index < -0.39 is 24.2 Å². The zero-order chi connectivity index (χ0) is 37.7. The molecule has 0 aliphatic rings. The van der Waals surface area contributed by atoms with Gasteiger partial charge in [0.05, 0.1) is 36.5 Å². The Morgan fingerprint density at radius 2 is 1.69 bits per heavy atom. The number of pyridine rings is 1. The molecule has 276 valence electrons. The maximum atomic E-state index is 11.8. The zero-order valence-electron chi connectivity index (χ0n) is 29.5. The number of aliphatic hydroxyl groups is 3. The van der Waals surface area contributed by atoms with Crippen LogP contribution in [0.4, 0.5) is 0 Å². The molecule has 0 aliphatic heterocycles. The third-order valence-electron chi connectivity index (χ3n) is 8.64. The summed E-state index contributed by atoms with van der Waals surface area (Å²) in [4.78, 5) is 15.9. The van der Waals surface area contributed by atoms with Crippen molar-refractivity contribution < 1.29 is 39.4 Å². The normalized spacial score (nSPS) is 12.8. The van der Waals surface area contributed by atoms with E-state index in [2.05, 4.69) is 27.8 Å². The van der Waals surface area contributed by atoms with Crippen LogP contribution >= 0.6 is 11.6 Å². The summed E-state index contributed by atoms with van der Waals surface area (Å²) in [6, 6.07) is 18.9. The largest absolute Gasteiger partial charge is 0.493 e. The Kier molecular flexibility index (Phi) is 14.8. The topological polar surface area (TPSA) is 186 Å². The fourth-order valence-electron chi connectivity index (χ4n) is 5.30. The highest BCUT2D eigenvalue weighted by Crippen LogP contribution is 2.36. The summed E-state index contributed by atoms with van der Waals surface area (Å²) < 4.78 is 18.5. The van der Waals surface area contributed by atoms with Crippen LogP contribution in [0.3, 0.4) is 0 Å². The number of rotatable bonds is 20. The van der Waals surface area contributed by atoms with Gasteiger partial charge < -0.3 is 40.0 Å². The summed E-state index contributed by atoms with van der Waals surface area (Å²) in [7, 11) is 0. The quantitative estimate of drug-likeness (QED) is 0.0690. The van der Waals surface area contributed by atoms with Crippen LogP contribution in [0.2, 0.25) is 5.02 Å². The maximum absolute atomic E-state index is 11.8. The van der Waals surface area contributed by atoms with Gasteiger partial charge in [-0.05, 0) is 79.8 Å². The fraction of sp³-hybridized carbons (Fsp3) is 0.359. The molecule has 0 amide bonds. The van der Waals surface area contributed by atoms with Crippen molar-refractivity contribution in [1.29, 1.82) is 5.26 Å². The average Bonchev–Trinajstić information content (AvgIpc) is 3.15. The van der Waals surface area contributed by atoms with Crippen LogP contribution in [-0.4, -0.2) is 75.9 Å². The Hall–Kier alpha value is -4.74. The van der Waals surface area contributed by atoms with E-state index in [-0.39, 0.29) is 31.4 Å². The molecule has 6 N–H and O–H groups in total. The number of nitrogens with zero attached hydrogens (tertiary/aromatic N) is 2. The van der Waals surface area contributed by atoms with Gasteiger partial charge in [-0.25, -0.2) is 0 Å². The van der Waals surface area contributed by atoms with E-state index in [9.17, 15) is 25.4 Å². The zero-order valence-corrected chi connectivity index (χ0v) is 30.2. The minimum atomic E-state index is -1.60. The van der Waals surface area contributed by atoms with Gasteiger partial charge in [-0.3, -0.25) is 15.1 Å². The predicted octanol–water partition coefficient (Wildman–Crippen LogP) is 4.69. The molecular formula is C39H45ClN4O8. The van der Waals surface area contributed by atoms with Gasteiger partial charge in [0.1, 0.15) is 42.1 Å². The van der Waals surface area contributed by atoms with Gasteiger partial charge in [-0.1, -0.05) is 41.9 Å². The van der Waals surface area contributed by atoms with Crippen molar-refractivity contribution in [3.8, 4) is 34.4 Å². The summed E-state index contributed by atoms with van der Waals surface area (Å²) in [6.45, 7) is 6.27. The lowest BCUT2D eigenvalue weighted by Gasteiger charge is -2.25. The Labute approximate surface area is 308 Å². The number of benzene rings is 3. The number of nitriles is 1. The Morgan fingerprint density at radius 3 is 2.40 bits per heavy atom. The highest BCUT2D eigenvalue weighted by atomic mass is 35.5. The van der Waals surface area contributed by atoms with Crippen LogP contribution in [0.1, 0.15) is 46.7 Å². The Bertz CT molecular complexity index is 1870. The van der Waals surface area contributed by atoms with E-state index in [1.165, 1.54) is 13.1 Å². The Balaban J connectivity index is 1.52. The minimum absolute atomic E-state index is 0.0180. The van der Waals surface area contributed by atoms with Crippen molar-refractivity contribution in [2.45, 2.75) is 58.6 Å². The number of ether oxygens (including phenoxy) is 3. The van der Waals surface area contributed by atoms with Crippen LogP contribution < -0.4 is 24.8 Å². The number of nitrogens with one attached hydrogen (secondary N) is 2. The molecule has 2 unspecified atom stereocenters. The molecule has 0 saturated carbocycles. The molecule has 12 nitrogen and oxygen atoms in total.